The monoisotopic (exact) mass is 283 g/mol. The summed E-state index contributed by atoms with van der Waals surface area (Å²) in [5.41, 5.74) is 1.21. The highest BCUT2D eigenvalue weighted by Gasteiger charge is 2.06. The lowest BCUT2D eigenvalue weighted by atomic mass is 9.93. The van der Waals surface area contributed by atoms with Gasteiger partial charge >= 0.3 is 0 Å². The first kappa shape index (κ1) is 13.7. The third-order valence-corrected chi connectivity index (χ3v) is 3.62. The van der Waals surface area contributed by atoms with Crippen LogP contribution in [-0.4, -0.2) is 4.98 Å². The second-order valence-electron chi connectivity index (χ2n) is 4.42. The van der Waals surface area contributed by atoms with Gasteiger partial charge in [0, 0.05) is 16.4 Å². The first-order chi connectivity index (χ1) is 7.76. The van der Waals surface area contributed by atoms with Gasteiger partial charge in [0.25, 0.3) is 0 Å². The van der Waals surface area contributed by atoms with Crippen molar-refractivity contribution in [2.45, 2.75) is 52.4 Å². The second kappa shape index (κ2) is 7.83. The van der Waals surface area contributed by atoms with Crippen LogP contribution in [0.1, 0.15) is 51.6 Å². The molecule has 0 bridgehead atoms. The van der Waals surface area contributed by atoms with Crippen molar-refractivity contribution in [2.75, 3.05) is 0 Å². The number of nitrogens with zero attached hydrogens (tertiary/aromatic N) is 1. The van der Waals surface area contributed by atoms with Crippen molar-refractivity contribution in [3.63, 3.8) is 0 Å². The molecule has 0 aliphatic carbocycles. The highest BCUT2D eigenvalue weighted by molar-refractivity contribution is 9.10. The van der Waals surface area contributed by atoms with E-state index in [0.717, 1.165) is 16.8 Å². The fourth-order valence-corrected chi connectivity index (χ4v) is 2.37. The number of hydrogen-bond donors (Lipinski definition) is 0. The van der Waals surface area contributed by atoms with Crippen LogP contribution >= 0.6 is 15.9 Å². The van der Waals surface area contributed by atoms with Crippen LogP contribution in [0.2, 0.25) is 0 Å². The molecule has 16 heavy (non-hydrogen) atoms. The fourth-order valence-electron chi connectivity index (χ4n) is 1.98. The molecule has 0 spiro atoms. The van der Waals surface area contributed by atoms with E-state index in [9.17, 15) is 0 Å². The molecule has 90 valence electrons. The Labute approximate surface area is 108 Å². The molecule has 0 saturated heterocycles. The third kappa shape index (κ3) is 5.11. The Morgan fingerprint density at radius 1 is 1.31 bits per heavy atom. The van der Waals surface area contributed by atoms with E-state index >= 15 is 0 Å². The van der Waals surface area contributed by atoms with Crippen LogP contribution in [0.3, 0.4) is 0 Å². The zero-order chi connectivity index (χ0) is 11.8. The molecule has 0 fully saturated rings. The summed E-state index contributed by atoms with van der Waals surface area (Å²) in [5.74, 6) is 0.876. The van der Waals surface area contributed by atoms with E-state index in [2.05, 4.69) is 40.8 Å². The number of unbranched alkanes of at least 4 members (excludes halogenated alkanes) is 1. The van der Waals surface area contributed by atoms with Crippen LogP contribution in [0.15, 0.2) is 22.8 Å². The van der Waals surface area contributed by atoms with Crippen molar-refractivity contribution < 1.29 is 0 Å². The molecule has 1 aromatic rings. The number of aryl methyl sites for hydroxylation is 1. The van der Waals surface area contributed by atoms with Gasteiger partial charge in [0.15, 0.2) is 0 Å². The van der Waals surface area contributed by atoms with Crippen molar-refractivity contribution in [3.8, 4) is 0 Å². The molecule has 0 saturated carbocycles. The molecule has 0 radical (unpaired) electrons. The number of pyridine rings is 1. The summed E-state index contributed by atoms with van der Waals surface area (Å²) in [7, 11) is 0. The molecule has 0 aliphatic rings. The maximum atomic E-state index is 4.40. The van der Waals surface area contributed by atoms with Crippen molar-refractivity contribution in [1.29, 1.82) is 0 Å². The smallest absolute Gasteiger partial charge is 0.0414 e. The Bertz CT molecular complexity index is 299. The van der Waals surface area contributed by atoms with E-state index in [4.69, 9.17) is 0 Å². The Hall–Kier alpha value is -0.370. The highest BCUT2D eigenvalue weighted by atomic mass is 79.9. The van der Waals surface area contributed by atoms with Gasteiger partial charge in [-0.15, -0.1) is 0 Å². The second-order valence-corrected chi connectivity index (χ2v) is 5.34. The number of halogens is 1. The average Bonchev–Trinajstić information content (AvgIpc) is 2.29. The molecule has 0 amide bonds. The topological polar surface area (TPSA) is 12.9 Å². The zero-order valence-electron chi connectivity index (χ0n) is 10.4. The van der Waals surface area contributed by atoms with Gasteiger partial charge in [0.05, 0.1) is 0 Å². The maximum Gasteiger partial charge on any atom is 0.0414 e. The molecule has 1 heterocycles. The van der Waals surface area contributed by atoms with Crippen molar-refractivity contribution >= 4 is 15.9 Å². The minimum Gasteiger partial charge on any atom is -0.261 e. The summed E-state index contributed by atoms with van der Waals surface area (Å²) >= 11 is 3.49. The largest absolute Gasteiger partial charge is 0.261 e. The van der Waals surface area contributed by atoms with Crippen molar-refractivity contribution in [1.82, 2.24) is 4.98 Å². The minimum absolute atomic E-state index is 0.876. The van der Waals surface area contributed by atoms with E-state index in [0.29, 0.717) is 0 Å². The molecule has 0 aliphatic heterocycles. The molecule has 1 atom stereocenters. The molecule has 1 aromatic heterocycles. The molecule has 0 N–H and O–H groups in total. The Morgan fingerprint density at radius 3 is 2.75 bits per heavy atom. The predicted molar refractivity (Wildman–Crippen MR) is 73.6 cm³/mol. The van der Waals surface area contributed by atoms with Gasteiger partial charge in [0.2, 0.25) is 0 Å². The van der Waals surface area contributed by atoms with Crippen LogP contribution in [0.5, 0.6) is 0 Å². The number of rotatable bonds is 7. The lowest BCUT2D eigenvalue weighted by Crippen LogP contribution is -2.02. The fraction of sp³-hybridized carbons (Fsp3) is 0.643. The Balaban J connectivity index is 2.37. The average molecular weight is 284 g/mol. The van der Waals surface area contributed by atoms with E-state index in [1.165, 1.54) is 37.8 Å². The molecule has 2 heteroatoms. The SMILES string of the molecule is CCCCC(CC)CCc1cc(Br)ccn1. The number of aromatic nitrogens is 1. The van der Waals surface area contributed by atoms with Crippen LogP contribution in [0.25, 0.3) is 0 Å². The first-order valence-electron chi connectivity index (χ1n) is 6.36. The summed E-state index contributed by atoms with van der Waals surface area (Å²) in [5, 5.41) is 0. The van der Waals surface area contributed by atoms with Gasteiger partial charge in [0.1, 0.15) is 0 Å². The predicted octanol–water partition coefficient (Wildman–Crippen LogP) is 4.99. The first-order valence-corrected chi connectivity index (χ1v) is 7.16. The number of hydrogen-bond acceptors (Lipinski definition) is 1. The van der Waals surface area contributed by atoms with Gasteiger partial charge < -0.3 is 0 Å². The molecule has 1 nitrogen and oxygen atoms in total. The van der Waals surface area contributed by atoms with Crippen LogP contribution in [-0.2, 0) is 6.42 Å². The molecule has 0 aromatic carbocycles. The van der Waals surface area contributed by atoms with Crippen LogP contribution in [0, 0.1) is 5.92 Å². The minimum atomic E-state index is 0.876. The van der Waals surface area contributed by atoms with Gasteiger partial charge in [-0.1, -0.05) is 55.5 Å². The lowest BCUT2D eigenvalue weighted by molar-refractivity contribution is 0.420. The van der Waals surface area contributed by atoms with Crippen LogP contribution < -0.4 is 0 Å². The van der Waals surface area contributed by atoms with Crippen molar-refractivity contribution in [2.24, 2.45) is 5.92 Å². The standard InChI is InChI=1S/C14H22BrN/c1-3-5-6-12(4-2)7-8-14-11-13(15)9-10-16-14/h9-12H,3-8H2,1-2H3. The Morgan fingerprint density at radius 2 is 2.12 bits per heavy atom. The van der Waals surface area contributed by atoms with Crippen molar-refractivity contribution in [3.05, 3.63) is 28.5 Å². The quantitative estimate of drug-likeness (QED) is 0.687. The lowest BCUT2D eigenvalue weighted by Gasteiger charge is -2.13. The van der Waals surface area contributed by atoms with Gasteiger partial charge in [-0.25, -0.2) is 0 Å². The summed E-state index contributed by atoms with van der Waals surface area (Å²) in [4.78, 5) is 4.40. The zero-order valence-corrected chi connectivity index (χ0v) is 12.0. The summed E-state index contributed by atoms with van der Waals surface area (Å²) in [6.07, 6.45) is 9.62. The summed E-state index contributed by atoms with van der Waals surface area (Å²) in [6.45, 7) is 4.57. The van der Waals surface area contributed by atoms with E-state index in [1.807, 2.05) is 12.3 Å². The maximum absolute atomic E-state index is 4.40. The van der Waals surface area contributed by atoms with E-state index in [1.54, 1.807) is 0 Å². The highest BCUT2D eigenvalue weighted by Crippen LogP contribution is 2.19. The van der Waals surface area contributed by atoms with Gasteiger partial charge in [-0.05, 0) is 30.9 Å². The molecular formula is C14H22BrN. The van der Waals surface area contributed by atoms with Gasteiger partial charge in [-0.2, -0.15) is 0 Å². The van der Waals surface area contributed by atoms with Gasteiger partial charge in [-0.3, -0.25) is 4.98 Å². The normalized spacial score (nSPS) is 12.7. The Kier molecular flexibility index (Phi) is 6.70. The van der Waals surface area contributed by atoms with E-state index < -0.39 is 0 Å². The van der Waals surface area contributed by atoms with E-state index in [-0.39, 0.29) is 0 Å². The molecule has 1 rings (SSSR count). The third-order valence-electron chi connectivity index (χ3n) is 3.13. The molecule has 1 unspecified atom stereocenters. The summed E-state index contributed by atoms with van der Waals surface area (Å²) < 4.78 is 1.14. The summed E-state index contributed by atoms with van der Waals surface area (Å²) in [6, 6.07) is 4.12. The van der Waals surface area contributed by atoms with Crippen LogP contribution in [0.4, 0.5) is 0 Å². The molecular weight excluding hydrogens is 262 g/mol.